The van der Waals surface area contributed by atoms with Gasteiger partial charge in [0.15, 0.2) is 0 Å². The van der Waals surface area contributed by atoms with Crippen LogP contribution in [0.15, 0.2) is 29.1 Å². The van der Waals surface area contributed by atoms with Gasteiger partial charge >= 0.3 is 12.1 Å². The Morgan fingerprint density at radius 2 is 2.00 bits per heavy atom. The number of nitrogens with one attached hydrogen (secondary N) is 1. The minimum Gasteiger partial charge on any atom is -0.404 e. The fourth-order valence-electron chi connectivity index (χ4n) is 4.32. The van der Waals surface area contributed by atoms with Crippen molar-refractivity contribution in [3.8, 4) is 0 Å². The van der Waals surface area contributed by atoms with E-state index in [1.165, 1.54) is 5.56 Å². The number of carbonyl (C=O) groups is 1. The van der Waals surface area contributed by atoms with Crippen molar-refractivity contribution >= 4 is 18.0 Å². The van der Waals surface area contributed by atoms with Gasteiger partial charge in [0.05, 0.1) is 11.8 Å². The van der Waals surface area contributed by atoms with Gasteiger partial charge in [-0.05, 0) is 63.2 Å². The Labute approximate surface area is 206 Å². The summed E-state index contributed by atoms with van der Waals surface area (Å²) < 4.78 is 64.5. The molecule has 0 radical (unpaired) electrons. The molecule has 0 saturated heterocycles. The highest BCUT2D eigenvalue weighted by atomic mass is 19.4. The smallest absolute Gasteiger partial charge is 0.404 e. The van der Waals surface area contributed by atoms with Gasteiger partial charge in [0.25, 0.3) is 5.92 Å². The van der Waals surface area contributed by atoms with Crippen LogP contribution in [0, 0.1) is 0 Å². The van der Waals surface area contributed by atoms with Crippen LogP contribution in [0.25, 0.3) is 0 Å². The number of pyridine rings is 1. The fraction of sp³-hybridized carbons (Fsp3) is 0.625. The maximum atomic E-state index is 13.4. The van der Waals surface area contributed by atoms with Crippen LogP contribution in [0.3, 0.4) is 0 Å². The lowest BCUT2D eigenvalue weighted by molar-refractivity contribution is -0.144. The van der Waals surface area contributed by atoms with Gasteiger partial charge in [-0.1, -0.05) is 11.2 Å². The van der Waals surface area contributed by atoms with E-state index in [1.807, 2.05) is 11.0 Å². The molecule has 1 aliphatic carbocycles. The maximum Gasteiger partial charge on any atom is 0.419 e. The molecule has 12 heteroatoms. The van der Waals surface area contributed by atoms with Crippen LogP contribution in [0.4, 0.5) is 27.8 Å². The van der Waals surface area contributed by atoms with E-state index in [-0.39, 0.29) is 25.3 Å². The quantitative estimate of drug-likeness (QED) is 0.139. The number of rotatable bonds is 12. The second-order valence-electron chi connectivity index (χ2n) is 9.17. The zero-order chi connectivity index (χ0) is 26.2. The summed E-state index contributed by atoms with van der Waals surface area (Å²) in [6.07, 6.45) is 0.258. The zero-order valence-corrected chi connectivity index (χ0v) is 20.0. The molecule has 7 nitrogen and oxygen atoms in total. The number of nitrogens with two attached hydrogens (primary N) is 1. The van der Waals surface area contributed by atoms with Gasteiger partial charge in [-0.3, -0.25) is 4.90 Å². The number of hydrogen-bond donors (Lipinski definition) is 2. The van der Waals surface area contributed by atoms with Crippen LogP contribution in [-0.4, -0.2) is 59.8 Å². The van der Waals surface area contributed by atoms with Crippen molar-refractivity contribution in [2.75, 3.05) is 25.0 Å². The van der Waals surface area contributed by atoms with Crippen molar-refractivity contribution in [1.29, 1.82) is 0 Å². The van der Waals surface area contributed by atoms with Crippen molar-refractivity contribution in [2.45, 2.75) is 75.9 Å². The van der Waals surface area contributed by atoms with Gasteiger partial charge < -0.3 is 15.9 Å². The molecular weight excluding hydrogens is 485 g/mol. The van der Waals surface area contributed by atoms with Crippen LogP contribution in [0.5, 0.6) is 0 Å². The molecule has 1 fully saturated rings. The van der Waals surface area contributed by atoms with E-state index in [4.69, 9.17) is 5.73 Å². The summed E-state index contributed by atoms with van der Waals surface area (Å²) in [7, 11) is 0. The molecule has 36 heavy (non-hydrogen) atoms. The molecule has 3 N–H and O–H groups in total. The van der Waals surface area contributed by atoms with E-state index in [1.54, 1.807) is 0 Å². The summed E-state index contributed by atoms with van der Waals surface area (Å²) in [6, 6.07) is 3.88. The van der Waals surface area contributed by atoms with Crippen LogP contribution in [0.2, 0.25) is 0 Å². The second-order valence-corrected chi connectivity index (χ2v) is 9.17. The number of allylic oxidation sites excluding steroid dienone is 1. The van der Waals surface area contributed by atoms with E-state index >= 15 is 0 Å². The molecule has 2 aliphatic rings. The third-order valence-electron chi connectivity index (χ3n) is 6.34. The summed E-state index contributed by atoms with van der Waals surface area (Å²) in [5.74, 6) is -2.53. The Bertz CT molecular complexity index is 943. The Morgan fingerprint density at radius 1 is 1.25 bits per heavy atom. The predicted molar refractivity (Wildman–Crippen MR) is 126 cm³/mol. The van der Waals surface area contributed by atoms with Crippen LogP contribution in [-0.2, 0) is 22.5 Å². The predicted octanol–water partition coefficient (Wildman–Crippen LogP) is 4.58. The standard InChI is InChI=1S/C24H32F5N5O2/c25-23(26)13-20(14-23)34(12-4-7-21(35)36-32-16-18(15-30)24(27,28)29)11-2-1-6-19-9-8-17-5-3-10-31-22(17)33-19/h8-9,15-16,20H,1-7,10-14,30H2,(H,31,33)/b18-15+,32-16+. The highest BCUT2D eigenvalue weighted by molar-refractivity contribution is 5.80. The number of anilines is 1. The first-order valence-electron chi connectivity index (χ1n) is 12.1. The van der Waals surface area contributed by atoms with Crippen LogP contribution in [0.1, 0.15) is 56.2 Å². The first-order chi connectivity index (χ1) is 17.1. The minimum atomic E-state index is -4.71. The first-order valence-corrected chi connectivity index (χ1v) is 12.1. The summed E-state index contributed by atoms with van der Waals surface area (Å²) >= 11 is 0. The van der Waals surface area contributed by atoms with Crippen molar-refractivity contribution in [3.05, 3.63) is 35.2 Å². The number of halogens is 5. The Morgan fingerprint density at radius 3 is 2.69 bits per heavy atom. The molecule has 2 heterocycles. The third kappa shape index (κ3) is 8.42. The van der Waals surface area contributed by atoms with E-state index in [0.29, 0.717) is 31.9 Å². The SMILES string of the molecule is N/C=C(\C=N\OC(=O)CCCN(CCCCc1ccc2c(n1)NCCC2)C1CC(F)(F)C1)C(F)(F)F. The van der Waals surface area contributed by atoms with E-state index in [2.05, 4.69) is 26.4 Å². The number of oxime groups is 1. The number of unbranched alkanes of at least 4 members (excludes halogenated alkanes) is 1. The number of carbonyl (C=O) groups excluding carboxylic acids is 1. The summed E-state index contributed by atoms with van der Waals surface area (Å²) in [5.41, 5.74) is 5.86. The maximum absolute atomic E-state index is 13.4. The van der Waals surface area contributed by atoms with Gasteiger partial charge in [-0.15, -0.1) is 0 Å². The normalized spacial score (nSPS) is 18.1. The van der Waals surface area contributed by atoms with E-state index in [0.717, 1.165) is 50.2 Å². The summed E-state index contributed by atoms with van der Waals surface area (Å²) in [5, 5.41) is 6.35. The average Bonchev–Trinajstić information content (AvgIpc) is 2.81. The first kappa shape index (κ1) is 27.8. The Hall–Kier alpha value is -2.76. The molecule has 0 atom stereocenters. The number of aryl methyl sites for hydroxylation is 2. The van der Waals surface area contributed by atoms with Gasteiger partial charge in [0.1, 0.15) is 5.82 Å². The molecule has 3 rings (SSSR count). The fourth-order valence-corrected chi connectivity index (χ4v) is 4.32. The zero-order valence-electron chi connectivity index (χ0n) is 20.0. The van der Waals surface area contributed by atoms with Gasteiger partial charge in [-0.25, -0.2) is 18.6 Å². The number of alkyl halides is 5. The number of aromatic nitrogens is 1. The van der Waals surface area contributed by atoms with Gasteiger partial charge in [-0.2, -0.15) is 13.2 Å². The Kier molecular flexibility index (Phi) is 9.63. The van der Waals surface area contributed by atoms with Crippen molar-refractivity contribution in [1.82, 2.24) is 9.88 Å². The average molecular weight is 518 g/mol. The van der Waals surface area contributed by atoms with Crippen molar-refractivity contribution in [2.24, 2.45) is 10.9 Å². The van der Waals surface area contributed by atoms with E-state index in [9.17, 15) is 26.7 Å². The molecule has 0 aromatic carbocycles. The molecule has 1 aromatic heterocycles. The molecule has 200 valence electrons. The lowest BCUT2D eigenvalue weighted by atomic mass is 9.86. The van der Waals surface area contributed by atoms with Gasteiger partial charge in [0, 0.05) is 43.7 Å². The largest absolute Gasteiger partial charge is 0.419 e. The number of hydrogen-bond acceptors (Lipinski definition) is 7. The highest BCUT2D eigenvalue weighted by Crippen LogP contribution is 2.40. The van der Waals surface area contributed by atoms with Crippen molar-refractivity contribution in [3.63, 3.8) is 0 Å². The number of nitrogens with zero attached hydrogens (tertiary/aromatic N) is 3. The molecule has 1 saturated carbocycles. The molecule has 0 amide bonds. The van der Waals surface area contributed by atoms with Crippen molar-refractivity contribution < 1.29 is 31.6 Å². The minimum absolute atomic E-state index is 0.101. The van der Waals surface area contributed by atoms with Gasteiger partial charge in [0.2, 0.25) is 0 Å². The molecular formula is C24H32F5N5O2. The molecule has 0 unspecified atom stereocenters. The lowest BCUT2D eigenvalue weighted by Gasteiger charge is -2.42. The van der Waals surface area contributed by atoms with Crippen LogP contribution < -0.4 is 11.1 Å². The molecule has 0 bridgehead atoms. The monoisotopic (exact) mass is 517 g/mol. The molecule has 1 aliphatic heterocycles. The second kappa shape index (κ2) is 12.5. The lowest BCUT2D eigenvalue weighted by Crippen LogP contribution is -2.51. The van der Waals surface area contributed by atoms with Crippen LogP contribution >= 0.6 is 0 Å². The topological polar surface area (TPSA) is 92.8 Å². The summed E-state index contributed by atoms with van der Waals surface area (Å²) in [6.45, 7) is 1.92. The Balaban J connectivity index is 1.41. The molecule has 1 aromatic rings. The summed E-state index contributed by atoms with van der Waals surface area (Å²) in [4.78, 5) is 22.9. The number of fused-ring (bicyclic) bond motifs is 1. The van der Waals surface area contributed by atoms with E-state index < -0.39 is 23.6 Å². The molecule has 0 spiro atoms. The highest BCUT2D eigenvalue weighted by Gasteiger charge is 2.47. The third-order valence-corrected chi connectivity index (χ3v) is 6.34.